The summed E-state index contributed by atoms with van der Waals surface area (Å²) in [5.41, 5.74) is 8.05. The Bertz CT molecular complexity index is 736. The zero-order valence-electron chi connectivity index (χ0n) is 14.9. The average Bonchev–Trinajstić information content (AvgIpc) is 2.97. The highest BCUT2D eigenvalue weighted by molar-refractivity contribution is 5.97. The third-order valence-corrected chi connectivity index (χ3v) is 4.73. The van der Waals surface area contributed by atoms with Gasteiger partial charge in [-0.15, -0.1) is 0 Å². The van der Waals surface area contributed by atoms with Crippen LogP contribution in [-0.2, 0) is 4.79 Å². The molecule has 3 N–H and O–H groups in total. The van der Waals surface area contributed by atoms with Gasteiger partial charge in [0.25, 0.3) is 5.91 Å². The summed E-state index contributed by atoms with van der Waals surface area (Å²) in [7, 11) is 0. The molecule has 26 heavy (non-hydrogen) atoms. The monoisotopic (exact) mass is 351 g/mol. The minimum absolute atomic E-state index is 0.0609. The van der Waals surface area contributed by atoms with Gasteiger partial charge in [-0.2, -0.15) is 0 Å². The van der Waals surface area contributed by atoms with Crippen LogP contribution in [0.25, 0.3) is 0 Å². The molecule has 0 bridgehead atoms. The predicted molar refractivity (Wildman–Crippen MR) is 103 cm³/mol. The maximum absolute atomic E-state index is 12.6. The zero-order valence-corrected chi connectivity index (χ0v) is 14.9. The first kappa shape index (κ1) is 18.1. The fourth-order valence-corrected chi connectivity index (χ4v) is 3.18. The van der Waals surface area contributed by atoms with E-state index < -0.39 is 6.04 Å². The highest BCUT2D eigenvalue weighted by Gasteiger charge is 2.18. The Hall–Kier alpha value is -2.66. The van der Waals surface area contributed by atoms with E-state index in [0.717, 1.165) is 31.5 Å². The van der Waals surface area contributed by atoms with Crippen molar-refractivity contribution in [2.24, 2.45) is 5.73 Å². The van der Waals surface area contributed by atoms with E-state index in [-0.39, 0.29) is 11.8 Å². The molecule has 3 rings (SSSR count). The van der Waals surface area contributed by atoms with Gasteiger partial charge in [0, 0.05) is 24.3 Å². The first-order valence-corrected chi connectivity index (χ1v) is 9.16. The number of rotatable bonds is 4. The molecule has 2 amide bonds. The predicted octanol–water partition coefficient (Wildman–Crippen LogP) is 3.34. The lowest BCUT2D eigenvalue weighted by Gasteiger charge is -2.20. The maximum atomic E-state index is 12.6. The van der Waals surface area contributed by atoms with Gasteiger partial charge in [-0.25, -0.2) is 0 Å². The molecule has 1 unspecified atom stereocenters. The first-order valence-electron chi connectivity index (χ1n) is 9.16. The number of likely N-dealkylation sites (tertiary alicyclic amines) is 1. The SMILES string of the molecule is NC(C(=O)Nc1ccc(C(=O)N2CCCCCC2)cc1)c1ccccc1. The molecule has 1 aliphatic heterocycles. The van der Waals surface area contributed by atoms with Crippen LogP contribution in [0.15, 0.2) is 54.6 Å². The van der Waals surface area contributed by atoms with Gasteiger partial charge in [0.15, 0.2) is 0 Å². The van der Waals surface area contributed by atoms with Crippen LogP contribution in [0.5, 0.6) is 0 Å². The van der Waals surface area contributed by atoms with Crippen molar-refractivity contribution >= 4 is 17.5 Å². The molecular weight excluding hydrogens is 326 g/mol. The molecule has 5 heteroatoms. The van der Waals surface area contributed by atoms with Gasteiger partial charge >= 0.3 is 0 Å². The normalized spacial score (nSPS) is 15.8. The lowest BCUT2D eigenvalue weighted by atomic mass is 10.1. The van der Waals surface area contributed by atoms with Gasteiger partial charge in [-0.05, 0) is 42.7 Å². The van der Waals surface area contributed by atoms with Crippen LogP contribution >= 0.6 is 0 Å². The lowest BCUT2D eigenvalue weighted by molar-refractivity contribution is -0.117. The van der Waals surface area contributed by atoms with Gasteiger partial charge in [0.2, 0.25) is 5.91 Å². The van der Waals surface area contributed by atoms with Crippen LogP contribution in [-0.4, -0.2) is 29.8 Å². The van der Waals surface area contributed by atoms with Crippen LogP contribution in [0.3, 0.4) is 0 Å². The highest BCUT2D eigenvalue weighted by Crippen LogP contribution is 2.17. The van der Waals surface area contributed by atoms with Crippen molar-refractivity contribution < 1.29 is 9.59 Å². The fraction of sp³-hybridized carbons (Fsp3) is 0.333. The molecule has 1 aliphatic rings. The number of amides is 2. The van der Waals surface area contributed by atoms with Crippen molar-refractivity contribution in [3.63, 3.8) is 0 Å². The van der Waals surface area contributed by atoms with E-state index in [1.165, 1.54) is 12.8 Å². The topological polar surface area (TPSA) is 75.4 Å². The fourth-order valence-electron chi connectivity index (χ4n) is 3.18. The molecule has 2 aromatic carbocycles. The Balaban J connectivity index is 1.62. The lowest BCUT2D eigenvalue weighted by Crippen LogP contribution is -2.31. The van der Waals surface area contributed by atoms with Crippen molar-refractivity contribution in [1.29, 1.82) is 0 Å². The minimum atomic E-state index is -0.727. The van der Waals surface area contributed by atoms with E-state index in [2.05, 4.69) is 5.32 Å². The van der Waals surface area contributed by atoms with Gasteiger partial charge in [-0.1, -0.05) is 43.2 Å². The Kier molecular flexibility index (Phi) is 6.02. The number of carbonyl (C=O) groups is 2. The van der Waals surface area contributed by atoms with Crippen molar-refractivity contribution in [2.75, 3.05) is 18.4 Å². The summed E-state index contributed by atoms with van der Waals surface area (Å²) in [4.78, 5) is 26.8. The van der Waals surface area contributed by atoms with Crippen LogP contribution < -0.4 is 11.1 Å². The smallest absolute Gasteiger partial charge is 0.253 e. The molecule has 5 nitrogen and oxygen atoms in total. The molecule has 1 fully saturated rings. The number of hydrogen-bond acceptors (Lipinski definition) is 3. The van der Waals surface area contributed by atoms with E-state index in [1.54, 1.807) is 24.3 Å². The Morgan fingerprint density at radius 1 is 0.885 bits per heavy atom. The average molecular weight is 351 g/mol. The largest absolute Gasteiger partial charge is 0.339 e. The van der Waals surface area contributed by atoms with Crippen LogP contribution in [0.2, 0.25) is 0 Å². The number of carbonyl (C=O) groups excluding carboxylic acids is 2. The second kappa shape index (κ2) is 8.63. The van der Waals surface area contributed by atoms with E-state index >= 15 is 0 Å². The standard InChI is InChI=1S/C21H25N3O2/c22-19(16-8-4-3-5-9-16)20(25)23-18-12-10-17(11-13-18)21(26)24-14-6-1-2-7-15-24/h3-5,8-13,19H,1-2,6-7,14-15,22H2,(H,23,25). The molecule has 1 heterocycles. The second-order valence-corrected chi connectivity index (χ2v) is 6.66. The molecule has 0 radical (unpaired) electrons. The maximum Gasteiger partial charge on any atom is 0.253 e. The number of benzene rings is 2. The summed E-state index contributed by atoms with van der Waals surface area (Å²) >= 11 is 0. The zero-order chi connectivity index (χ0) is 18.4. The molecule has 0 spiro atoms. The quantitative estimate of drug-likeness (QED) is 0.887. The van der Waals surface area contributed by atoms with E-state index in [4.69, 9.17) is 5.73 Å². The number of nitrogens with one attached hydrogen (secondary N) is 1. The van der Waals surface area contributed by atoms with E-state index in [1.807, 2.05) is 35.2 Å². The third kappa shape index (κ3) is 4.49. The van der Waals surface area contributed by atoms with Crippen molar-refractivity contribution in [2.45, 2.75) is 31.7 Å². The molecule has 0 aliphatic carbocycles. The Labute approximate surface area is 154 Å². The summed E-state index contributed by atoms with van der Waals surface area (Å²) < 4.78 is 0. The number of anilines is 1. The van der Waals surface area contributed by atoms with Crippen LogP contribution in [0.4, 0.5) is 5.69 Å². The summed E-state index contributed by atoms with van der Waals surface area (Å²) in [6.07, 6.45) is 4.52. The Morgan fingerprint density at radius 3 is 2.12 bits per heavy atom. The number of nitrogens with zero attached hydrogens (tertiary/aromatic N) is 1. The summed E-state index contributed by atoms with van der Waals surface area (Å²) in [6.45, 7) is 1.65. The summed E-state index contributed by atoms with van der Waals surface area (Å²) in [6, 6.07) is 15.5. The molecule has 136 valence electrons. The molecule has 1 saturated heterocycles. The molecular formula is C21H25N3O2. The number of hydrogen-bond donors (Lipinski definition) is 2. The summed E-state index contributed by atoms with van der Waals surface area (Å²) in [5.74, 6) is -0.214. The van der Waals surface area contributed by atoms with Gasteiger partial charge in [-0.3, -0.25) is 9.59 Å². The molecule has 2 aromatic rings. The molecule has 0 saturated carbocycles. The van der Waals surface area contributed by atoms with Crippen LogP contribution in [0.1, 0.15) is 47.6 Å². The van der Waals surface area contributed by atoms with Gasteiger partial charge < -0.3 is 16.0 Å². The Morgan fingerprint density at radius 2 is 1.50 bits per heavy atom. The van der Waals surface area contributed by atoms with Crippen molar-refractivity contribution in [3.8, 4) is 0 Å². The molecule has 0 aromatic heterocycles. The van der Waals surface area contributed by atoms with Gasteiger partial charge in [0.1, 0.15) is 6.04 Å². The van der Waals surface area contributed by atoms with Crippen molar-refractivity contribution in [3.05, 3.63) is 65.7 Å². The third-order valence-electron chi connectivity index (χ3n) is 4.73. The molecule has 1 atom stereocenters. The van der Waals surface area contributed by atoms with Gasteiger partial charge in [0.05, 0.1) is 0 Å². The second-order valence-electron chi connectivity index (χ2n) is 6.66. The first-order chi connectivity index (χ1) is 12.6. The van der Waals surface area contributed by atoms with Crippen LogP contribution in [0, 0.1) is 0 Å². The minimum Gasteiger partial charge on any atom is -0.339 e. The van der Waals surface area contributed by atoms with E-state index in [0.29, 0.717) is 11.3 Å². The van der Waals surface area contributed by atoms with Crippen molar-refractivity contribution in [1.82, 2.24) is 4.90 Å². The van der Waals surface area contributed by atoms with E-state index in [9.17, 15) is 9.59 Å². The summed E-state index contributed by atoms with van der Waals surface area (Å²) in [5, 5.41) is 2.81. The number of nitrogens with two attached hydrogens (primary N) is 1. The highest BCUT2D eigenvalue weighted by atomic mass is 16.2.